The third-order valence-corrected chi connectivity index (χ3v) is 6.03. The molecule has 2 aliphatic rings. The van der Waals surface area contributed by atoms with Gasteiger partial charge >= 0.3 is 0 Å². The lowest BCUT2D eigenvalue weighted by Crippen LogP contribution is -2.45. The zero-order valence-electron chi connectivity index (χ0n) is 15.6. The Labute approximate surface area is 151 Å². The zero-order chi connectivity index (χ0) is 17.9. The fourth-order valence-corrected chi connectivity index (χ4v) is 4.19. The van der Waals surface area contributed by atoms with Crippen molar-refractivity contribution in [2.24, 2.45) is 5.41 Å². The summed E-state index contributed by atoms with van der Waals surface area (Å²) in [6.07, 6.45) is 5.72. The van der Waals surface area contributed by atoms with E-state index >= 15 is 0 Å². The maximum atomic E-state index is 13.1. The van der Waals surface area contributed by atoms with E-state index in [0.717, 1.165) is 44.3 Å². The Morgan fingerprint density at radius 3 is 2.36 bits per heavy atom. The number of hydrogen-bond donors (Lipinski definition) is 1. The minimum absolute atomic E-state index is 0.244. The number of anilines is 1. The van der Waals surface area contributed by atoms with Crippen LogP contribution in [-0.4, -0.2) is 36.4 Å². The molecule has 1 N–H and O–H groups in total. The van der Waals surface area contributed by atoms with Crippen molar-refractivity contribution in [3.05, 3.63) is 29.8 Å². The van der Waals surface area contributed by atoms with Crippen molar-refractivity contribution in [2.45, 2.75) is 64.4 Å². The number of aryl methyl sites for hydroxylation is 1. The molecule has 0 bridgehead atoms. The number of rotatable bonds is 6. The Hall–Kier alpha value is -1.39. The van der Waals surface area contributed by atoms with Gasteiger partial charge in [-0.2, -0.15) is 0 Å². The predicted octanol–water partition coefficient (Wildman–Crippen LogP) is 3.70. The summed E-state index contributed by atoms with van der Waals surface area (Å²) < 4.78 is 5.57. The number of benzene rings is 1. The van der Waals surface area contributed by atoms with Gasteiger partial charge < -0.3 is 14.7 Å². The molecule has 1 aliphatic heterocycles. The third kappa shape index (κ3) is 3.75. The maximum Gasteiger partial charge on any atom is 0.233 e. The molecule has 1 heterocycles. The van der Waals surface area contributed by atoms with Crippen LogP contribution in [0.1, 0.15) is 57.9 Å². The Kier molecular flexibility index (Phi) is 5.49. The van der Waals surface area contributed by atoms with Gasteiger partial charge in [-0.3, -0.25) is 4.79 Å². The molecule has 138 valence electrons. The van der Waals surface area contributed by atoms with Crippen LogP contribution in [0.3, 0.4) is 0 Å². The summed E-state index contributed by atoms with van der Waals surface area (Å²) in [7, 11) is 0. The highest BCUT2D eigenvalue weighted by Crippen LogP contribution is 2.48. The van der Waals surface area contributed by atoms with Crippen LogP contribution >= 0.6 is 0 Å². The van der Waals surface area contributed by atoms with Gasteiger partial charge in [-0.15, -0.1) is 0 Å². The van der Waals surface area contributed by atoms with Crippen molar-refractivity contribution < 1.29 is 14.6 Å². The molecular weight excluding hydrogens is 314 g/mol. The Balaban J connectivity index is 1.63. The van der Waals surface area contributed by atoms with Crippen LogP contribution in [0.25, 0.3) is 0 Å². The van der Waals surface area contributed by atoms with E-state index in [1.807, 2.05) is 4.90 Å². The van der Waals surface area contributed by atoms with Gasteiger partial charge in [0.15, 0.2) is 0 Å². The van der Waals surface area contributed by atoms with Gasteiger partial charge in [0.1, 0.15) is 0 Å². The smallest absolute Gasteiger partial charge is 0.233 e. The summed E-state index contributed by atoms with van der Waals surface area (Å²) in [5.41, 5.74) is 1.27. The average Bonchev–Trinajstić information content (AvgIpc) is 2.95. The largest absolute Gasteiger partial charge is 0.387 e. The number of ether oxygens (including phenoxy) is 1. The standard InChI is InChI=1S/C21H31NO3/c1-3-15-25-16-21(24)11-9-20(10-12-21)13-14-22(19(20)23)18-7-5-17(4-2)6-8-18/h5-8,24H,3-4,9-16H2,1-2H3. The van der Waals surface area contributed by atoms with Crippen molar-refractivity contribution in [2.75, 3.05) is 24.7 Å². The monoisotopic (exact) mass is 345 g/mol. The van der Waals surface area contributed by atoms with Gasteiger partial charge in [0.25, 0.3) is 0 Å². The fraction of sp³-hybridized carbons (Fsp3) is 0.667. The van der Waals surface area contributed by atoms with E-state index in [0.29, 0.717) is 26.1 Å². The molecular formula is C21H31NO3. The zero-order valence-corrected chi connectivity index (χ0v) is 15.6. The van der Waals surface area contributed by atoms with Crippen LogP contribution in [0.4, 0.5) is 5.69 Å². The minimum Gasteiger partial charge on any atom is -0.387 e. The van der Waals surface area contributed by atoms with E-state index in [1.54, 1.807) is 0 Å². The first-order valence-electron chi connectivity index (χ1n) is 9.73. The molecule has 1 amide bonds. The second-order valence-corrected chi connectivity index (χ2v) is 7.78. The molecule has 3 rings (SSSR count). The van der Waals surface area contributed by atoms with Gasteiger partial charge in [0, 0.05) is 18.8 Å². The van der Waals surface area contributed by atoms with Crippen LogP contribution in [-0.2, 0) is 16.0 Å². The van der Waals surface area contributed by atoms with E-state index in [2.05, 4.69) is 38.1 Å². The number of carbonyl (C=O) groups is 1. The van der Waals surface area contributed by atoms with Crippen LogP contribution in [0.2, 0.25) is 0 Å². The Morgan fingerprint density at radius 1 is 1.08 bits per heavy atom. The maximum absolute atomic E-state index is 13.1. The van der Waals surface area contributed by atoms with Gasteiger partial charge in [0.2, 0.25) is 5.91 Å². The lowest BCUT2D eigenvalue weighted by molar-refractivity contribution is -0.134. The highest BCUT2D eigenvalue weighted by Gasteiger charge is 2.51. The van der Waals surface area contributed by atoms with E-state index in [9.17, 15) is 9.90 Å². The summed E-state index contributed by atoms with van der Waals surface area (Å²) in [6.45, 7) is 6.08. The normalized spacial score (nSPS) is 29.6. The Bertz CT molecular complexity index is 588. The average molecular weight is 345 g/mol. The quantitative estimate of drug-likeness (QED) is 0.800. The van der Waals surface area contributed by atoms with Crippen molar-refractivity contribution in [3.63, 3.8) is 0 Å². The van der Waals surface area contributed by atoms with Gasteiger partial charge in [-0.25, -0.2) is 0 Å². The minimum atomic E-state index is -0.753. The fourth-order valence-electron chi connectivity index (χ4n) is 4.19. The van der Waals surface area contributed by atoms with Crippen molar-refractivity contribution in [1.29, 1.82) is 0 Å². The Morgan fingerprint density at radius 2 is 1.76 bits per heavy atom. The number of carbonyl (C=O) groups excluding carboxylic acids is 1. The highest BCUT2D eigenvalue weighted by atomic mass is 16.5. The third-order valence-electron chi connectivity index (χ3n) is 6.03. The number of hydrogen-bond acceptors (Lipinski definition) is 3. The molecule has 1 saturated heterocycles. The van der Waals surface area contributed by atoms with E-state index in [-0.39, 0.29) is 11.3 Å². The van der Waals surface area contributed by atoms with Crippen LogP contribution in [0.5, 0.6) is 0 Å². The molecule has 1 aliphatic carbocycles. The second kappa shape index (κ2) is 7.46. The summed E-state index contributed by atoms with van der Waals surface area (Å²) in [5.74, 6) is 0.244. The first-order chi connectivity index (χ1) is 12.0. The molecule has 1 saturated carbocycles. The summed E-state index contributed by atoms with van der Waals surface area (Å²) in [5, 5.41) is 10.7. The lowest BCUT2D eigenvalue weighted by Gasteiger charge is -2.40. The van der Waals surface area contributed by atoms with E-state index in [1.165, 1.54) is 5.56 Å². The van der Waals surface area contributed by atoms with Crippen molar-refractivity contribution in [1.82, 2.24) is 0 Å². The highest BCUT2D eigenvalue weighted by molar-refractivity contribution is 6.00. The van der Waals surface area contributed by atoms with Crippen LogP contribution in [0, 0.1) is 5.41 Å². The molecule has 1 aromatic rings. The number of amides is 1. The molecule has 1 spiro atoms. The predicted molar refractivity (Wildman–Crippen MR) is 99.8 cm³/mol. The molecule has 0 radical (unpaired) electrons. The van der Waals surface area contributed by atoms with Crippen molar-refractivity contribution in [3.8, 4) is 0 Å². The molecule has 4 heteroatoms. The van der Waals surface area contributed by atoms with Crippen LogP contribution < -0.4 is 4.90 Å². The molecule has 0 aromatic heterocycles. The summed E-state index contributed by atoms with van der Waals surface area (Å²) >= 11 is 0. The summed E-state index contributed by atoms with van der Waals surface area (Å²) in [6, 6.07) is 8.34. The molecule has 1 aromatic carbocycles. The number of nitrogens with zero attached hydrogens (tertiary/aromatic N) is 1. The lowest BCUT2D eigenvalue weighted by atomic mass is 9.68. The van der Waals surface area contributed by atoms with Gasteiger partial charge in [-0.1, -0.05) is 26.0 Å². The van der Waals surface area contributed by atoms with Crippen molar-refractivity contribution >= 4 is 11.6 Å². The number of aliphatic hydroxyl groups is 1. The van der Waals surface area contributed by atoms with Gasteiger partial charge in [-0.05, 0) is 62.6 Å². The van der Waals surface area contributed by atoms with E-state index in [4.69, 9.17) is 4.74 Å². The molecule has 2 fully saturated rings. The van der Waals surface area contributed by atoms with Gasteiger partial charge in [0.05, 0.1) is 17.6 Å². The SMILES string of the molecule is CCCOCC1(O)CCC2(CCN(c3ccc(CC)cc3)C2=O)CC1. The topological polar surface area (TPSA) is 49.8 Å². The summed E-state index contributed by atoms with van der Waals surface area (Å²) in [4.78, 5) is 15.1. The molecule has 0 unspecified atom stereocenters. The molecule has 0 atom stereocenters. The first-order valence-corrected chi connectivity index (χ1v) is 9.73. The molecule has 4 nitrogen and oxygen atoms in total. The molecule has 25 heavy (non-hydrogen) atoms. The first kappa shape index (κ1) is 18.4. The second-order valence-electron chi connectivity index (χ2n) is 7.78. The van der Waals surface area contributed by atoms with Crippen LogP contribution in [0.15, 0.2) is 24.3 Å². The van der Waals surface area contributed by atoms with E-state index < -0.39 is 5.60 Å².